The van der Waals surface area contributed by atoms with Gasteiger partial charge in [0.05, 0.1) is 0 Å². The van der Waals surface area contributed by atoms with E-state index in [-0.39, 0.29) is 6.54 Å². The van der Waals surface area contributed by atoms with Crippen LogP contribution in [0.5, 0.6) is 0 Å². The molecule has 0 radical (unpaired) electrons. The number of hydrogen-bond acceptors (Lipinski definition) is 4. The van der Waals surface area contributed by atoms with Gasteiger partial charge in [0.25, 0.3) is 0 Å². The van der Waals surface area contributed by atoms with Gasteiger partial charge in [0.1, 0.15) is 6.10 Å². The Morgan fingerprint density at radius 3 is 2.87 bits per heavy atom. The summed E-state index contributed by atoms with van der Waals surface area (Å²) in [5, 5.41) is 12.1. The number of aryl methyl sites for hydroxylation is 1. The zero-order valence-corrected chi connectivity index (χ0v) is 8.53. The second-order valence-electron chi connectivity index (χ2n) is 3.37. The Morgan fingerprint density at radius 2 is 2.27 bits per heavy atom. The van der Waals surface area contributed by atoms with E-state index in [1.807, 2.05) is 13.0 Å². The number of amides is 1. The van der Waals surface area contributed by atoms with E-state index in [2.05, 4.69) is 5.32 Å². The molecule has 0 spiro atoms. The molecule has 1 aromatic carbocycles. The first-order chi connectivity index (χ1) is 7.00. The van der Waals surface area contributed by atoms with Crippen molar-refractivity contribution in [3.05, 3.63) is 23.8 Å². The van der Waals surface area contributed by atoms with Gasteiger partial charge in [0.2, 0.25) is 5.91 Å². The largest absolute Gasteiger partial charge is 0.399 e. The highest BCUT2D eigenvalue weighted by atomic mass is 16.3. The summed E-state index contributed by atoms with van der Waals surface area (Å²) in [5.41, 5.74) is 12.9. The number of benzene rings is 1. The van der Waals surface area contributed by atoms with Crippen LogP contribution in [0.4, 0.5) is 11.4 Å². The van der Waals surface area contributed by atoms with E-state index < -0.39 is 12.0 Å². The van der Waals surface area contributed by atoms with Crippen LogP contribution in [0.1, 0.15) is 5.56 Å². The average molecular weight is 209 g/mol. The fraction of sp³-hybridized carbons (Fsp3) is 0.300. The zero-order chi connectivity index (χ0) is 11.4. The van der Waals surface area contributed by atoms with Crippen molar-refractivity contribution in [2.45, 2.75) is 13.0 Å². The summed E-state index contributed by atoms with van der Waals surface area (Å²) >= 11 is 0. The zero-order valence-electron chi connectivity index (χ0n) is 8.53. The van der Waals surface area contributed by atoms with Gasteiger partial charge in [0, 0.05) is 17.9 Å². The van der Waals surface area contributed by atoms with Crippen molar-refractivity contribution in [2.75, 3.05) is 17.6 Å². The number of carbonyl (C=O) groups is 1. The van der Waals surface area contributed by atoms with E-state index in [0.29, 0.717) is 5.69 Å². The van der Waals surface area contributed by atoms with Gasteiger partial charge in [-0.05, 0) is 24.6 Å². The Hall–Kier alpha value is -1.75. The summed E-state index contributed by atoms with van der Waals surface area (Å²) in [5.74, 6) is -0.746. The van der Waals surface area contributed by atoms with Crippen LogP contribution in [0.2, 0.25) is 0 Å². The topological polar surface area (TPSA) is 101 Å². The van der Waals surface area contributed by atoms with E-state index in [4.69, 9.17) is 11.5 Å². The molecule has 1 rings (SSSR count). The number of rotatable bonds is 4. The maximum absolute atomic E-state index is 10.6. The molecule has 5 heteroatoms. The lowest BCUT2D eigenvalue weighted by molar-refractivity contribution is -0.125. The first-order valence-corrected chi connectivity index (χ1v) is 4.58. The normalized spacial score (nSPS) is 12.1. The molecule has 1 aromatic rings. The highest BCUT2D eigenvalue weighted by Gasteiger charge is 2.10. The summed E-state index contributed by atoms with van der Waals surface area (Å²) in [6.45, 7) is 1.98. The fourth-order valence-corrected chi connectivity index (χ4v) is 1.14. The summed E-state index contributed by atoms with van der Waals surface area (Å²) in [6, 6.07) is 5.38. The first kappa shape index (κ1) is 11.3. The summed E-state index contributed by atoms with van der Waals surface area (Å²) < 4.78 is 0. The molecule has 15 heavy (non-hydrogen) atoms. The smallest absolute Gasteiger partial charge is 0.248 e. The predicted molar refractivity (Wildman–Crippen MR) is 59.3 cm³/mol. The quantitative estimate of drug-likeness (QED) is 0.517. The molecule has 82 valence electrons. The number of nitrogens with one attached hydrogen (secondary N) is 1. The van der Waals surface area contributed by atoms with Gasteiger partial charge in [-0.2, -0.15) is 0 Å². The molecule has 0 heterocycles. The van der Waals surface area contributed by atoms with Crippen LogP contribution in [0.15, 0.2) is 18.2 Å². The number of nitrogens with two attached hydrogens (primary N) is 2. The number of aliphatic hydroxyl groups is 1. The third kappa shape index (κ3) is 3.14. The Morgan fingerprint density at radius 1 is 1.60 bits per heavy atom. The van der Waals surface area contributed by atoms with E-state index in [1.165, 1.54) is 0 Å². The average Bonchev–Trinajstić information content (AvgIpc) is 2.18. The van der Waals surface area contributed by atoms with Gasteiger partial charge in [-0.25, -0.2) is 0 Å². The van der Waals surface area contributed by atoms with Crippen LogP contribution < -0.4 is 16.8 Å². The van der Waals surface area contributed by atoms with Crippen molar-refractivity contribution in [3.8, 4) is 0 Å². The lowest BCUT2D eigenvalue weighted by atomic mass is 10.2. The van der Waals surface area contributed by atoms with E-state index in [0.717, 1.165) is 11.3 Å². The van der Waals surface area contributed by atoms with Crippen molar-refractivity contribution in [2.24, 2.45) is 5.73 Å². The minimum absolute atomic E-state index is 0.0830. The van der Waals surface area contributed by atoms with Crippen LogP contribution in [0.3, 0.4) is 0 Å². The lowest BCUT2D eigenvalue weighted by Crippen LogP contribution is -2.34. The van der Waals surface area contributed by atoms with E-state index in [9.17, 15) is 9.90 Å². The van der Waals surface area contributed by atoms with Gasteiger partial charge in [-0.1, -0.05) is 6.07 Å². The Labute approximate surface area is 88.1 Å². The van der Waals surface area contributed by atoms with E-state index in [1.54, 1.807) is 12.1 Å². The number of carbonyl (C=O) groups excluding carboxylic acids is 1. The number of aliphatic hydroxyl groups excluding tert-OH is 1. The van der Waals surface area contributed by atoms with Crippen LogP contribution in [-0.4, -0.2) is 23.7 Å². The summed E-state index contributed by atoms with van der Waals surface area (Å²) in [4.78, 5) is 10.6. The molecule has 0 aliphatic heterocycles. The van der Waals surface area contributed by atoms with Crippen LogP contribution in [0.25, 0.3) is 0 Å². The molecule has 0 saturated carbocycles. The number of primary amides is 1. The molecule has 1 atom stereocenters. The molecule has 6 N–H and O–H groups in total. The minimum Gasteiger partial charge on any atom is -0.399 e. The molecular formula is C10H15N3O2. The molecule has 0 saturated heterocycles. The molecule has 1 amide bonds. The molecule has 0 aromatic heterocycles. The molecular weight excluding hydrogens is 194 g/mol. The first-order valence-electron chi connectivity index (χ1n) is 4.58. The van der Waals surface area contributed by atoms with Crippen molar-refractivity contribution in [1.82, 2.24) is 0 Å². The molecule has 5 nitrogen and oxygen atoms in total. The maximum Gasteiger partial charge on any atom is 0.248 e. The van der Waals surface area contributed by atoms with Crippen molar-refractivity contribution in [3.63, 3.8) is 0 Å². The van der Waals surface area contributed by atoms with Crippen LogP contribution in [0, 0.1) is 6.92 Å². The Bertz CT molecular complexity index is 366. The van der Waals surface area contributed by atoms with Crippen molar-refractivity contribution >= 4 is 17.3 Å². The Kier molecular flexibility index (Phi) is 3.51. The number of hydrogen-bond donors (Lipinski definition) is 4. The predicted octanol–water partition coefficient (Wildman–Crippen LogP) is -0.165. The van der Waals surface area contributed by atoms with Gasteiger partial charge < -0.3 is 21.9 Å². The monoisotopic (exact) mass is 209 g/mol. The summed E-state index contributed by atoms with van der Waals surface area (Å²) in [7, 11) is 0. The van der Waals surface area contributed by atoms with Crippen molar-refractivity contribution < 1.29 is 9.90 Å². The minimum atomic E-state index is -1.19. The summed E-state index contributed by atoms with van der Waals surface area (Å²) in [6.07, 6.45) is -1.19. The SMILES string of the molecule is Cc1ccc(N)cc1NCC(O)C(N)=O. The molecule has 0 aliphatic rings. The molecule has 0 bridgehead atoms. The second-order valence-corrected chi connectivity index (χ2v) is 3.37. The van der Waals surface area contributed by atoms with Gasteiger partial charge in [0.15, 0.2) is 0 Å². The highest BCUT2D eigenvalue weighted by Crippen LogP contribution is 2.17. The molecule has 0 fully saturated rings. The van der Waals surface area contributed by atoms with Crippen LogP contribution >= 0.6 is 0 Å². The van der Waals surface area contributed by atoms with E-state index >= 15 is 0 Å². The lowest BCUT2D eigenvalue weighted by Gasteiger charge is -2.12. The fourth-order valence-electron chi connectivity index (χ4n) is 1.14. The highest BCUT2D eigenvalue weighted by molar-refractivity contribution is 5.79. The standard InChI is InChI=1S/C10H15N3O2/c1-6-2-3-7(11)4-8(6)13-5-9(14)10(12)15/h2-4,9,13-14H,5,11H2,1H3,(H2,12,15). The third-order valence-electron chi connectivity index (χ3n) is 2.08. The van der Waals surface area contributed by atoms with Gasteiger partial charge in [-0.15, -0.1) is 0 Å². The van der Waals surface area contributed by atoms with Gasteiger partial charge in [-0.3, -0.25) is 4.79 Å². The number of nitrogen functional groups attached to an aromatic ring is 1. The van der Waals surface area contributed by atoms with Crippen LogP contribution in [-0.2, 0) is 4.79 Å². The molecule has 1 unspecified atom stereocenters. The van der Waals surface area contributed by atoms with Gasteiger partial charge >= 0.3 is 0 Å². The maximum atomic E-state index is 10.6. The second kappa shape index (κ2) is 4.65. The van der Waals surface area contributed by atoms with Crippen molar-refractivity contribution in [1.29, 1.82) is 0 Å². The molecule has 0 aliphatic carbocycles. The third-order valence-corrected chi connectivity index (χ3v) is 2.08. The Balaban J connectivity index is 2.65. The number of anilines is 2.